The van der Waals surface area contributed by atoms with Crippen molar-refractivity contribution in [1.29, 1.82) is 0 Å². The summed E-state index contributed by atoms with van der Waals surface area (Å²) >= 11 is 6.07. The van der Waals surface area contributed by atoms with Crippen molar-refractivity contribution in [2.75, 3.05) is 5.32 Å². The van der Waals surface area contributed by atoms with Gasteiger partial charge in [-0.2, -0.15) is 0 Å². The molecule has 5 heteroatoms. The van der Waals surface area contributed by atoms with Gasteiger partial charge in [0.15, 0.2) is 0 Å². The number of anilines is 1. The maximum absolute atomic E-state index is 11.9. The minimum Gasteiger partial charge on any atom is -0.330 e. The number of carbonyl (C=O) groups excluding carboxylic acids is 1. The molecule has 0 fully saturated rings. The van der Waals surface area contributed by atoms with Gasteiger partial charge in [0.2, 0.25) is 0 Å². The topological polar surface area (TPSA) is 54.0 Å². The van der Waals surface area contributed by atoms with E-state index in [1.54, 1.807) is 18.3 Å². The van der Waals surface area contributed by atoms with E-state index in [4.69, 9.17) is 11.6 Å². The second-order valence-electron chi connectivity index (χ2n) is 4.56. The summed E-state index contributed by atoms with van der Waals surface area (Å²) < 4.78 is 0. The summed E-state index contributed by atoms with van der Waals surface area (Å²) in [5.41, 5.74) is 2.43. The molecule has 1 aromatic heterocycles. The van der Waals surface area contributed by atoms with E-state index in [0.29, 0.717) is 10.7 Å². The van der Waals surface area contributed by atoms with Gasteiger partial charge in [0.05, 0.1) is 22.4 Å². The number of pyridine rings is 1. The van der Waals surface area contributed by atoms with Crippen molar-refractivity contribution >= 4 is 23.3 Å². The second-order valence-corrected chi connectivity index (χ2v) is 4.97. The van der Waals surface area contributed by atoms with Gasteiger partial charge >= 0.3 is 6.03 Å². The highest BCUT2D eigenvalue weighted by molar-refractivity contribution is 6.33. The SMILES string of the molecule is Cc1ccc(NC(=O)N[C@H](C)c2ccccn2)c(Cl)c1. The third-order valence-electron chi connectivity index (χ3n) is 2.85. The van der Waals surface area contributed by atoms with E-state index in [-0.39, 0.29) is 12.1 Å². The molecule has 1 atom stereocenters. The third-order valence-corrected chi connectivity index (χ3v) is 3.16. The molecule has 0 aliphatic rings. The molecule has 2 N–H and O–H groups in total. The Morgan fingerprint density at radius 2 is 2.10 bits per heavy atom. The lowest BCUT2D eigenvalue weighted by molar-refractivity contribution is 0.249. The zero-order valence-electron chi connectivity index (χ0n) is 11.4. The van der Waals surface area contributed by atoms with Crippen LogP contribution in [0.1, 0.15) is 24.2 Å². The van der Waals surface area contributed by atoms with Gasteiger partial charge in [0, 0.05) is 6.20 Å². The van der Waals surface area contributed by atoms with Crippen LogP contribution in [0.5, 0.6) is 0 Å². The number of carbonyl (C=O) groups is 1. The van der Waals surface area contributed by atoms with Crippen LogP contribution in [0, 0.1) is 6.92 Å². The molecular weight excluding hydrogens is 274 g/mol. The molecule has 0 aliphatic carbocycles. The summed E-state index contributed by atoms with van der Waals surface area (Å²) in [6.07, 6.45) is 1.70. The molecule has 2 amide bonds. The molecule has 4 nitrogen and oxygen atoms in total. The van der Waals surface area contributed by atoms with Crippen LogP contribution in [0.4, 0.5) is 10.5 Å². The van der Waals surface area contributed by atoms with Crippen molar-refractivity contribution < 1.29 is 4.79 Å². The van der Waals surface area contributed by atoms with Gasteiger partial charge in [-0.05, 0) is 43.7 Å². The minimum absolute atomic E-state index is 0.180. The van der Waals surface area contributed by atoms with Crippen molar-refractivity contribution in [2.45, 2.75) is 19.9 Å². The number of halogens is 1. The van der Waals surface area contributed by atoms with Crippen LogP contribution < -0.4 is 10.6 Å². The molecule has 0 unspecified atom stereocenters. The molecule has 0 radical (unpaired) electrons. The molecule has 20 heavy (non-hydrogen) atoms. The van der Waals surface area contributed by atoms with Gasteiger partial charge in [-0.25, -0.2) is 4.79 Å². The normalized spacial score (nSPS) is 11.8. The maximum atomic E-state index is 11.9. The van der Waals surface area contributed by atoms with Gasteiger partial charge in [-0.3, -0.25) is 4.98 Å². The first-order valence-corrected chi connectivity index (χ1v) is 6.68. The van der Waals surface area contributed by atoms with Crippen LogP contribution in [0.25, 0.3) is 0 Å². The fourth-order valence-corrected chi connectivity index (χ4v) is 2.06. The van der Waals surface area contributed by atoms with Crippen LogP contribution >= 0.6 is 11.6 Å². The van der Waals surface area contributed by atoms with Crippen molar-refractivity contribution in [2.24, 2.45) is 0 Å². The summed E-state index contributed by atoms with van der Waals surface area (Å²) in [5.74, 6) is 0. The molecule has 0 saturated carbocycles. The molecule has 2 rings (SSSR count). The highest BCUT2D eigenvalue weighted by Gasteiger charge is 2.11. The van der Waals surface area contributed by atoms with E-state index in [0.717, 1.165) is 11.3 Å². The minimum atomic E-state index is -0.311. The molecule has 2 aromatic rings. The van der Waals surface area contributed by atoms with Crippen molar-refractivity contribution in [3.05, 3.63) is 58.9 Å². The highest BCUT2D eigenvalue weighted by atomic mass is 35.5. The summed E-state index contributed by atoms with van der Waals surface area (Å²) in [5, 5.41) is 6.06. The summed E-state index contributed by atoms with van der Waals surface area (Å²) in [6, 6.07) is 10.6. The lowest BCUT2D eigenvalue weighted by Crippen LogP contribution is -2.31. The molecule has 0 saturated heterocycles. The number of benzene rings is 1. The monoisotopic (exact) mass is 289 g/mol. The lowest BCUT2D eigenvalue weighted by atomic mass is 10.2. The van der Waals surface area contributed by atoms with E-state index in [9.17, 15) is 4.79 Å². The predicted molar refractivity (Wildman–Crippen MR) is 81.0 cm³/mol. The smallest absolute Gasteiger partial charge is 0.319 e. The zero-order valence-corrected chi connectivity index (χ0v) is 12.1. The van der Waals surface area contributed by atoms with E-state index < -0.39 is 0 Å². The first-order chi connectivity index (χ1) is 9.56. The Hall–Kier alpha value is -2.07. The molecular formula is C15H16ClN3O. The Bertz CT molecular complexity index is 601. The number of nitrogens with one attached hydrogen (secondary N) is 2. The Kier molecular flexibility index (Phi) is 4.58. The number of hydrogen-bond donors (Lipinski definition) is 2. The van der Waals surface area contributed by atoms with Gasteiger partial charge in [-0.1, -0.05) is 23.7 Å². The number of aromatic nitrogens is 1. The first-order valence-electron chi connectivity index (χ1n) is 6.31. The van der Waals surface area contributed by atoms with Crippen molar-refractivity contribution in [3.63, 3.8) is 0 Å². The Morgan fingerprint density at radius 1 is 1.30 bits per heavy atom. The largest absolute Gasteiger partial charge is 0.330 e. The first kappa shape index (κ1) is 14.3. The third kappa shape index (κ3) is 3.71. The van der Waals surface area contributed by atoms with E-state index in [2.05, 4.69) is 15.6 Å². The molecule has 0 bridgehead atoms. The molecule has 0 spiro atoms. The van der Waals surface area contributed by atoms with Crippen molar-refractivity contribution in [1.82, 2.24) is 10.3 Å². The van der Waals surface area contributed by atoms with Crippen LogP contribution in [-0.2, 0) is 0 Å². The number of rotatable bonds is 3. The van der Waals surface area contributed by atoms with Crippen LogP contribution in [-0.4, -0.2) is 11.0 Å². The number of nitrogens with zero attached hydrogens (tertiary/aromatic N) is 1. The predicted octanol–water partition coefficient (Wildman–Crippen LogP) is 3.93. The fourth-order valence-electron chi connectivity index (χ4n) is 1.78. The molecule has 104 valence electrons. The molecule has 1 aromatic carbocycles. The zero-order chi connectivity index (χ0) is 14.5. The van der Waals surface area contributed by atoms with Gasteiger partial charge in [-0.15, -0.1) is 0 Å². The summed E-state index contributed by atoms with van der Waals surface area (Å²) in [6.45, 7) is 3.82. The molecule has 1 heterocycles. The number of amides is 2. The summed E-state index contributed by atoms with van der Waals surface area (Å²) in [7, 11) is 0. The van der Waals surface area contributed by atoms with Gasteiger partial charge in [0.1, 0.15) is 0 Å². The maximum Gasteiger partial charge on any atom is 0.319 e. The number of urea groups is 1. The van der Waals surface area contributed by atoms with E-state index >= 15 is 0 Å². The van der Waals surface area contributed by atoms with Crippen molar-refractivity contribution in [3.8, 4) is 0 Å². The lowest BCUT2D eigenvalue weighted by Gasteiger charge is -2.14. The summed E-state index contributed by atoms with van der Waals surface area (Å²) in [4.78, 5) is 16.1. The van der Waals surface area contributed by atoms with Gasteiger partial charge in [0.25, 0.3) is 0 Å². The Morgan fingerprint density at radius 3 is 2.75 bits per heavy atom. The number of hydrogen-bond acceptors (Lipinski definition) is 2. The average molecular weight is 290 g/mol. The van der Waals surface area contributed by atoms with Crippen LogP contribution in [0.2, 0.25) is 5.02 Å². The van der Waals surface area contributed by atoms with E-state index in [1.807, 2.05) is 38.1 Å². The number of aryl methyl sites for hydroxylation is 1. The van der Waals surface area contributed by atoms with Crippen LogP contribution in [0.3, 0.4) is 0 Å². The fraction of sp³-hybridized carbons (Fsp3) is 0.200. The standard InChI is InChI=1S/C15H16ClN3O/c1-10-6-7-14(12(16)9-10)19-15(20)18-11(2)13-5-3-4-8-17-13/h3-9,11H,1-2H3,(H2,18,19,20)/t11-/m1/s1. The highest BCUT2D eigenvalue weighted by Crippen LogP contribution is 2.22. The quantitative estimate of drug-likeness (QED) is 0.899. The Balaban J connectivity index is 1.99. The van der Waals surface area contributed by atoms with E-state index in [1.165, 1.54) is 0 Å². The van der Waals surface area contributed by atoms with Gasteiger partial charge < -0.3 is 10.6 Å². The average Bonchev–Trinajstić information content (AvgIpc) is 2.43. The second kappa shape index (κ2) is 6.39. The molecule has 0 aliphatic heterocycles. The van der Waals surface area contributed by atoms with Crippen LogP contribution in [0.15, 0.2) is 42.6 Å². The Labute approximate surface area is 123 Å².